The topological polar surface area (TPSA) is 63.7 Å². The lowest BCUT2D eigenvalue weighted by Crippen LogP contribution is -2.39. The van der Waals surface area contributed by atoms with E-state index in [0.717, 1.165) is 47.3 Å². The second-order valence-corrected chi connectivity index (χ2v) is 6.90. The van der Waals surface area contributed by atoms with Crippen molar-refractivity contribution in [1.82, 2.24) is 15.2 Å². The van der Waals surface area contributed by atoms with Crippen LogP contribution >= 0.6 is 11.3 Å². The predicted octanol–water partition coefficient (Wildman–Crippen LogP) is 1.90. The predicted molar refractivity (Wildman–Crippen MR) is 91.4 cm³/mol. The van der Waals surface area contributed by atoms with Crippen molar-refractivity contribution in [2.75, 3.05) is 26.9 Å². The first-order chi connectivity index (χ1) is 11.7. The standard InChI is InChI=1S/C17H19N3O3S/c1-20(13-4-5-18-8-13)16(21)7-12-9-24-17(19-12)11-2-3-14-15(6-11)23-10-22-14/h2-3,6,9,13,18H,4-5,7-8,10H2,1H3. The van der Waals surface area contributed by atoms with Gasteiger partial charge in [-0.1, -0.05) is 0 Å². The normalized spacial score (nSPS) is 18.8. The number of rotatable bonds is 4. The van der Waals surface area contributed by atoms with E-state index in [0.29, 0.717) is 12.5 Å². The number of hydrogen-bond acceptors (Lipinski definition) is 6. The average molecular weight is 345 g/mol. The number of thiazole rings is 1. The molecule has 0 aliphatic carbocycles. The SMILES string of the molecule is CN(C(=O)Cc1csc(-c2ccc3c(c2)OCO3)n1)C1CCNC1. The molecule has 0 saturated carbocycles. The fraction of sp³-hybridized carbons (Fsp3) is 0.412. The Bertz CT molecular complexity index is 755. The molecule has 1 aromatic carbocycles. The molecule has 1 saturated heterocycles. The highest BCUT2D eigenvalue weighted by Gasteiger charge is 2.24. The fourth-order valence-electron chi connectivity index (χ4n) is 3.00. The highest BCUT2D eigenvalue weighted by Crippen LogP contribution is 2.36. The van der Waals surface area contributed by atoms with Gasteiger partial charge in [-0.3, -0.25) is 4.79 Å². The summed E-state index contributed by atoms with van der Waals surface area (Å²) in [5.74, 6) is 1.62. The van der Waals surface area contributed by atoms with E-state index in [1.165, 1.54) is 0 Å². The maximum Gasteiger partial charge on any atom is 0.231 e. The van der Waals surface area contributed by atoms with E-state index in [1.54, 1.807) is 11.3 Å². The van der Waals surface area contributed by atoms with Crippen molar-refractivity contribution in [1.29, 1.82) is 0 Å². The van der Waals surface area contributed by atoms with E-state index >= 15 is 0 Å². The van der Waals surface area contributed by atoms with Crippen molar-refractivity contribution in [3.05, 3.63) is 29.3 Å². The first-order valence-corrected chi connectivity index (χ1v) is 8.89. The molecule has 0 spiro atoms. The van der Waals surface area contributed by atoms with Crippen molar-refractivity contribution < 1.29 is 14.3 Å². The number of aromatic nitrogens is 1. The molecule has 2 aromatic rings. The number of carbonyl (C=O) groups excluding carboxylic acids is 1. The maximum absolute atomic E-state index is 12.4. The smallest absolute Gasteiger partial charge is 0.231 e. The molecule has 24 heavy (non-hydrogen) atoms. The van der Waals surface area contributed by atoms with Crippen LogP contribution in [0.25, 0.3) is 10.6 Å². The van der Waals surface area contributed by atoms with Crippen LogP contribution in [0.1, 0.15) is 12.1 Å². The van der Waals surface area contributed by atoms with Gasteiger partial charge in [0.25, 0.3) is 0 Å². The van der Waals surface area contributed by atoms with Gasteiger partial charge in [0.2, 0.25) is 12.7 Å². The summed E-state index contributed by atoms with van der Waals surface area (Å²) < 4.78 is 10.7. The second-order valence-electron chi connectivity index (χ2n) is 6.04. The Hall–Kier alpha value is -2.12. The van der Waals surface area contributed by atoms with E-state index in [2.05, 4.69) is 10.3 Å². The van der Waals surface area contributed by atoms with E-state index in [4.69, 9.17) is 9.47 Å². The molecule has 4 rings (SSSR count). The molecule has 2 aliphatic heterocycles. The van der Waals surface area contributed by atoms with Crippen LogP contribution < -0.4 is 14.8 Å². The van der Waals surface area contributed by atoms with E-state index in [1.807, 2.05) is 35.5 Å². The molecular weight excluding hydrogens is 326 g/mol. The zero-order valence-corrected chi connectivity index (χ0v) is 14.3. The van der Waals surface area contributed by atoms with Crippen LogP contribution in [0.4, 0.5) is 0 Å². The third-order valence-electron chi connectivity index (χ3n) is 4.48. The molecule has 3 heterocycles. The monoisotopic (exact) mass is 345 g/mol. The number of ether oxygens (including phenoxy) is 2. The summed E-state index contributed by atoms with van der Waals surface area (Å²) in [5.41, 5.74) is 1.80. The minimum Gasteiger partial charge on any atom is -0.454 e. The minimum atomic E-state index is 0.117. The van der Waals surface area contributed by atoms with Crippen molar-refractivity contribution >= 4 is 17.2 Å². The second kappa shape index (κ2) is 6.41. The average Bonchev–Trinajstić information content (AvgIpc) is 3.34. The molecule has 6 nitrogen and oxygen atoms in total. The third-order valence-corrected chi connectivity index (χ3v) is 5.42. The van der Waals surface area contributed by atoms with Crippen molar-refractivity contribution in [3.8, 4) is 22.1 Å². The fourth-order valence-corrected chi connectivity index (χ4v) is 3.82. The van der Waals surface area contributed by atoms with Gasteiger partial charge in [0, 0.05) is 30.6 Å². The summed E-state index contributed by atoms with van der Waals surface area (Å²) in [6.45, 7) is 2.12. The molecule has 1 atom stereocenters. The van der Waals surface area contributed by atoms with Gasteiger partial charge in [-0.2, -0.15) is 0 Å². The van der Waals surface area contributed by atoms with Gasteiger partial charge < -0.3 is 19.7 Å². The van der Waals surface area contributed by atoms with E-state index in [9.17, 15) is 4.79 Å². The summed E-state index contributed by atoms with van der Waals surface area (Å²) in [6.07, 6.45) is 1.36. The quantitative estimate of drug-likeness (QED) is 0.917. The van der Waals surface area contributed by atoms with Gasteiger partial charge in [0.05, 0.1) is 12.1 Å². The zero-order valence-electron chi connectivity index (χ0n) is 13.4. The maximum atomic E-state index is 12.4. The van der Waals surface area contributed by atoms with Crippen LogP contribution in [0.5, 0.6) is 11.5 Å². The number of nitrogens with one attached hydrogen (secondary N) is 1. The lowest BCUT2D eigenvalue weighted by molar-refractivity contribution is -0.130. The number of hydrogen-bond donors (Lipinski definition) is 1. The first kappa shape index (κ1) is 15.4. The van der Waals surface area contributed by atoms with Gasteiger partial charge in [-0.25, -0.2) is 4.98 Å². The van der Waals surface area contributed by atoms with Crippen LogP contribution in [0.2, 0.25) is 0 Å². The third kappa shape index (κ3) is 2.97. The van der Waals surface area contributed by atoms with Gasteiger partial charge in [-0.05, 0) is 31.2 Å². The van der Waals surface area contributed by atoms with Gasteiger partial charge in [0.15, 0.2) is 11.5 Å². The summed E-state index contributed by atoms with van der Waals surface area (Å²) >= 11 is 1.54. The van der Waals surface area contributed by atoms with Crippen molar-refractivity contribution in [3.63, 3.8) is 0 Å². The largest absolute Gasteiger partial charge is 0.454 e. The number of benzene rings is 1. The minimum absolute atomic E-state index is 0.117. The Kier molecular flexibility index (Phi) is 4.12. The molecule has 1 N–H and O–H groups in total. The molecule has 1 fully saturated rings. The Morgan fingerprint density at radius 3 is 3.12 bits per heavy atom. The van der Waals surface area contributed by atoms with Crippen molar-refractivity contribution in [2.24, 2.45) is 0 Å². The molecule has 7 heteroatoms. The molecule has 126 valence electrons. The first-order valence-electron chi connectivity index (χ1n) is 8.01. The summed E-state index contributed by atoms with van der Waals surface area (Å²) in [6, 6.07) is 6.09. The highest BCUT2D eigenvalue weighted by molar-refractivity contribution is 7.13. The molecule has 1 amide bonds. The Balaban J connectivity index is 1.45. The summed E-state index contributed by atoms with van der Waals surface area (Å²) in [4.78, 5) is 18.9. The van der Waals surface area contributed by atoms with Crippen LogP contribution in [0.15, 0.2) is 23.6 Å². The van der Waals surface area contributed by atoms with Gasteiger partial charge >= 0.3 is 0 Å². The molecule has 2 aliphatic rings. The van der Waals surface area contributed by atoms with Crippen LogP contribution in [0, 0.1) is 0 Å². The van der Waals surface area contributed by atoms with Crippen molar-refractivity contribution in [2.45, 2.75) is 18.9 Å². The number of likely N-dealkylation sites (N-methyl/N-ethyl adjacent to an activating group) is 1. The lowest BCUT2D eigenvalue weighted by Gasteiger charge is -2.23. The molecule has 0 bridgehead atoms. The van der Waals surface area contributed by atoms with Gasteiger partial charge in [-0.15, -0.1) is 11.3 Å². The summed E-state index contributed by atoms with van der Waals surface area (Å²) in [7, 11) is 1.88. The van der Waals surface area contributed by atoms with E-state index in [-0.39, 0.29) is 12.7 Å². The number of carbonyl (C=O) groups is 1. The van der Waals surface area contributed by atoms with E-state index < -0.39 is 0 Å². The molecular formula is C17H19N3O3S. The number of nitrogens with zero attached hydrogens (tertiary/aromatic N) is 2. The number of fused-ring (bicyclic) bond motifs is 1. The van der Waals surface area contributed by atoms with Crippen LogP contribution in [0.3, 0.4) is 0 Å². The Morgan fingerprint density at radius 1 is 1.42 bits per heavy atom. The zero-order chi connectivity index (χ0) is 16.5. The molecule has 1 unspecified atom stereocenters. The lowest BCUT2D eigenvalue weighted by atomic mass is 10.2. The van der Waals surface area contributed by atoms with Crippen LogP contribution in [-0.4, -0.2) is 48.8 Å². The summed E-state index contributed by atoms with van der Waals surface area (Å²) in [5, 5.41) is 6.14. The molecule has 1 aromatic heterocycles. The Labute approximate surface area is 144 Å². The highest BCUT2D eigenvalue weighted by atomic mass is 32.1. The van der Waals surface area contributed by atoms with Gasteiger partial charge in [0.1, 0.15) is 5.01 Å². The molecule has 0 radical (unpaired) electrons. The Morgan fingerprint density at radius 2 is 2.29 bits per heavy atom. The van der Waals surface area contributed by atoms with Crippen LogP contribution in [-0.2, 0) is 11.2 Å². The number of amides is 1.